The number of rotatable bonds is 1. The van der Waals surface area contributed by atoms with Gasteiger partial charge in [0.05, 0.1) is 6.54 Å². The van der Waals surface area contributed by atoms with Crippen LogP contribution in [0.5, 0.6) is 0 Å². The maximum absolute atomic E-state index is 12.1. The molecule has 122 valence electrons. The summed E-state index contributed by atoms with van der Waals surface area (Å²) < 4.78 is 5.51. The number of likely N-dealkylation sites (tertiary alicyclic amines) is 2. The van der Waals surface area contributed by atoms with Gasteiger partial charge in [-0.05, 0) is 18.3 Å². The zero-order valence-corrected chi connectivity index (χ0v) is 13.5. The van der Waals surface area contributed by atoms with E-state index in [9.17, 15) is 14.7 Å². The van der Waals surface area contributed by atoms with Crippen molar-refractivity contribution in [2.45, 2.75) is 51.7 Å². The highest BCUT2D eigenvalue weighted by Gasteiger charge is 2.55. The van der Waals surface area contributed by atoms with E-state index in [1.54, 1.807) is 4.90 Å². The molecule has 0 aromatic heterocycles. The monoisotopic (exact) mass is 308 g/mol. The van der Waals surface area contributed by atoms with Crippen LogP contribution in [0.3, 0.4) is 0 Å². The molecule has 22 heavy (non-hydrogen) atoms. The minimum absolute atomic E-state index is 0.121. The Kier molecular flexibility index (Phi) is 4.28. The number of carbonyl (C=O) groups is 2. The van der Waals surface area contributed by atoms with Gasteiger partial charge in [-0.3, -0.25) is 4.90 Å². The molecule has 2 heterocycles. The van der Waals surface area contributed by atoms with Crippen molar-refractivity contribution in [3.8, 4) is 12.3 Å². The maximum Gasteiger partial charge on any atom is 0.410 e. The lowest BCUT2D eigenvalue weighted by Gasteiger charge is -2.42. The van der Waals surface area contributed by atoms with E-state index in [0.717, 1.165) is 12.8 Å². The Balaban J connectivity index is 2.15. The third-order valence-electron chi connectivity index (χ3n) is 4.71. The summed E-state index contributed by atoms with van der Waals surface area (Å²) in [6.45, 7) is 7.26. The van der Waals surface area contributed by atoms with Crippen molar-refractivity contribution < 1.29 is 19.4 Å². The standard InChI is InChI=1S/C16H24N2O4/c1-5-16(15(2,3)4)10-12(11-18(16)13(19)20)22-14(21)17-8-6-7-9-17/h1,12H,6-11H2,2-4H3,(H,19,20)/t12-,16+/m0/s1. The lowest BCUT2D eigenvalue weighted by Crippen LogP contribution is -2.54. The van der Waals surface area contributed by atoms with Crippen LogP contribution in [0.4, 0.5) is 9.59 Å². The van der Waals surface area contributed by atoms with Crippen LogP contribution in [-0.2, 0) is 4.74 Å². The van der Waals surface area contributed by atoms with E-state index in [2.05, 4.69) is 5.92 Å². The second-order valence-electron chi connectivity index (χ2n) is 7.05. The molecular weight excluding hydrogens is 284 g/mol. The first kappa shape index (κ1) is 16.5. The van der Waals surface area contributed by atoms with Crippen molar-refractivity contribution in [1.29, 1.82) is 0 Å². The van der Waals surface area contributed by atoms with Gasteiger partial charge in [0.15, 0.2) is 0 Å². The summed E-state index contributed by atoms with van der Waals surface area (Å²) in [6.07, 6.45) is 6.05. The quantitative estimate of drug-likeness (QED) is 0.755. The largest absolute Gasteiger partial charge is 0.465 e. The van der Waals surface area contributed by atoms with Gasteiger partial charge in [-0.25, -0.2) is 9.59 Å². The number of hydrogen-bond donors (Lipinski definition) is 1. The van der Waals surface area contributed by atoms with Gasteiger partial charge in [-0.15, -0.1) is 6.42 Å². The highest BCUT2D eigenvalue weighted by Crippen LogP contribution is 2.44. The molecule has 2 atom stereocenters. The van der Waals surface area contributed by atoms with E-state index >= 15 is 0 Å². The van der Waals surface area contributed by atoms with Crippen molar-refractivity contribution in [2.24, 2.45) is 5.41 Å². The van der Waals surface area contributed by atoms with Crippen molar-refractivity contribution in [2.75, 3.05) is 19.6 Å². The summed E-state index contributed by atoms with van der Waals surface area (Å²) in [5.41, 5.74) is -1.41. The lowest BCUT2D eigenvalue weighted by atomic mass is 9.72. The van der Waals surface area contributed by atoms with Crippen molar-refractivity contribution in [3.63, 3.8) is 0 Å². The Labute approximate surface area is 131 Å². The normalized spacial score (nSPS) is 28.5. The summed E-state index contributed by atoms with van der Waals surface area (Å²) in [4.78, 5) is 26.6. The topological polar surface area (TPSA) is 70.1 Å². The third-order valence-corrected chi connectivity index (χ3v) is 4.71. The molecular formula is C16H24N2O4. The lowest BCUT2D eigenvalue weighted by molar-refractivity contribution is 0.0701. The molecule has 0 aromatic carbocycles. The van der Waals surface area contributed by atoms with Gasteiger partial charge >= 0.3 is 12.2 Å². The molecule has 2 aliphatic heterocycles. The minimum atomic E-state index is -1.08. The highest BCUT2D eigenvalue weighted by molar-refractivity contribution is 5.70. The first-order valence-electron chi connectivity index (χ1n) is 7.65. The van der Waals surface area contributed by atoms with E-state index in [0.29, 0.717) is 19.5 Å². The predicted molar refractivity (Wildman–Crippen MR) is 81.4 cm³/mol. The van der Waals surface area contributed by atoms with Crippen LogP contribution in [0.2, 0.25) is 0 Å². The number of terminal acetylenes is 1. The SMILES string of the molecule is C#C[C@]1(C(C)(C)C)C[C@H](OC(=O)N2CCCC2)CN1C(=O)O. The molecule has 1 N–H and O–H groups in total. The molecule has 6 nitrogen and oxygen atoms in total. The van der Waals surface area contributed by atoms with E-state index < -0.39 is 23.2 Å². The zero-order chi connectivity index (χ0) is 16.5. The molecule has 2 saturated heterocycles. The van der Waals surface area contributed by atoms with Gasteiger partial charge in [-0.2, -0.15) is 0 Å². The summed E-state index contributed by atoms with van der Waals surface area (Å²) in [5, 5.41) is 9.49. The Morgan fingerprint density at radius 3 is 2.32 bits per heavy atom. The number of hydrogen-bond acceptors (Lipinski definition) is 3. The number of ether oxygens (including phenoxy) is 1. The predicted octanol–water partition coefficient (Wildman–Crippen LogP) is 2.39. The van der Waals surface area contributed by atoms with Gasteiger partial charge in [-0.1, -0.05) is 26.7 Å². The minimum Gasteiger partial charge on any atom is -0.465 e. The molecule has 0 aromatic rings. The van der Waals surface area contributed by atoms with Crippen LogP contribution in [0.25, 0.3) is 0 Å². The van der Waals surface area contributed by atoms with Crippen molar-refractivity contribution in [3.05, 3.63) is 0 Å². The van der Waals surface area contributed by atoms with Gasteiger partial charge in [0.2, 0.25) is 0 Å². The summed E-state index contributed by atoms with van der Waals surface area (Å²) >= 11 is 0. The Morgan fingerprint density at radius 2 is 1.91 bits per heavy atom. The van der Waals surface area contributed by atoms with E-state index in [1.165, 1.54) is 4.90 Å². The third kappa shape index (κ3) is 2.72. The Hall–Kier alpha value is -1.90. The van der Waals surface area contributed by atoms with Crippen LogP contribution in [0.1, 0.15) is 40.0 Å². The van der Waals surface area contributed by atoms with Crippen molar-refractivity contribution in [1.82, 2.24) is 9.80 Å². The number of carbonyl (C=O) groups excluding carboxylic acids is 1. The molecule has 6 heteroatoms. The number of nitrogens with zero attached hydrogens (tertiary/aromatic N) is 2. The average molecular weight is 308 g/mol. The number of amides is 2. The van der Waals surface area contributed by atoms with Gasteiger partial charge in [0, 0.05) is 19.5 Å². The second kappa shape index (κ2) is 5.71. The first-order valence-corrected chi connectivity index (χ1v) is 7.65. The van der Waals surface area contributed by atoms with Crippen LogP contribution in [0.15, 0.2) is 0 Å². The van der Waals surface area contributed by atoms with Gasteiger partial charge < -0.3 is 14.7 Å². The summed E-state index contributed by atoms with van der Waals surface area (Å²) in [5.74, 6) is 2.66. The Morgan fingerprint density at radius 1 is 1.32 bits per heavy atom. The van der Waals surface area contributed by atoms with Crippen LogP contribution in [0, 0.1) is 17.8 Å². The van der Waals surface area contributed by atoms with Gasteiger partial charge in [0.1, 0.15) is 11.6 Å². The summed E-state index contributed by atoms with van der Waals surface area (Å²) in [6, 6.07) is 0. The average Bonchev–Trinajstić information content (AvgIpc) is 3.05. The smallest absolute Gasteiger partial charge is 0.410 e. The fourth-order valence-corrected chi connectivity index (χ4v) is 3.37. The molecule has 2 fully saturated rings. The zero-order valence-electron chi connectivity index (χ0n) is 13.5. The van der Waals surface area contributed by atoms with E-state index in [4.69, 9.17) is 11.2 Å². The maximum atomic E-state index is 12.1. The molecule has 0 bridgehead atoms. The van der Waals surface area contributed by atoms with Crippen LogP contribution in [-0.4, -0.2) is 58.4 Å². The molecule has 0 spiro atoms. The molecule has 0 unspecified atom stereocenters. The molecule has 2 rings (SSSR count). The second-order valence-corrected chi connectivity index (χ2v) is 7.05. The van der Waals surface area contributed by atoms with Crippen LogP contribution >= 0.6 is 0 Å². The summed E-state index contributed by atoms with van der Waals surface area (Å²) in [7, 11) is 0. The Bertz CT molecular complexity index is 499. The molecule has 0 aliphatic carbocycles. The number of carboxylic acid groups (broad SMARTS) is 1. The first-order chi connectivity index (χ1) is 10.2. The van der Waals surface area contributed by atoms with E-state index in [-0.39, 0.29) is 12.6 Å². The van der Waals surface area contributed by atoms with Crippen LogP contribution < -0.4 is 0 Å². The molecule has 2 amide bonds. The fraction of sp³-hybridized carbons (Fsp3) is 0.750. The molecule has 2 aliphatic rings. The van der Waals surface area contributed by atoms with Gasteiger partial charge in [0.25, 0.3) is 0 Å². The van der Waals surface area contributed by atoms with Crippen molar-refractivity contribution >= 4 is 12.2 Å². The molecule has 0 saturated carbocycles. The highest BCUT2D eigenvalue weighted by atomic mass is 16.6. The van der Waals surface area contributed by atoms with E-state index in [1.807, 2.05) is 20.8 Å². The fourth-order valence-electron chi connectivity index (χ4n) is 3.37. The molecule has 0 radical (unpaired) electrons.